The van der Waals surface area contributed by atoms with Gasteiger partial charge in [0.25, 0.3) is 0 Å². The van der Waals surface area contributed by atoms with Crippen molar-refractivity contribution in [3.8, 4) is 0 Å². The van der Waals surface area contributed by atoms with Crippen molar-refractivity contribution in [3.05, 3.63) is 40.9 Å². The fourth-order valence-electron chi connectivity index (χ4n) is 1.01. The van der Waals surface area contributed by atoms with Crippen molar-refractivity contribution in [2.45, 2.75) is 0 Å². The first-order valence-corrected chi connectivity index (χ1v) is 3.23. The van der Waals surface area contributed by atoms with Crippen LogP contribution in [0.5, 0.6) is 0 Å². The van der Waals surface area contributed by atoms with E-state index in [-0.39, 0.29) is 0 Å². The Bertz CT molecular complexity index is 383. The molecule has 0 atom stereocenters. The molecule has 1 aliphatic heterocycles. The molecule has 0 spiro atoms. The second-order valence-corrected chi connectivity index (χ2v) is 2.19. The van der Waals surface area contributed by atoms with Crippen molar-refractivity contribution in [3.63, 3.8) is 0 Å². The van der Waals surface area contributed by atoms with E-state index in [0.29, 0.717) is 0 Å². The Morgan fingerprint density at radius 2 is 2.10 bits per heavy atom. The van der Waals surface area contributed by atoms with Crippen molar-refractivity contribution in [1.82, 2.24) is 5.32 Å². The van der Waals surface area contributed by atoms with Crippen molar-refractivity contribution in [2.75, 3.05) is 0 Å². The average molecular weight is 129 g/mol. The van der Waals surface area contributed by atoms with E-state index in [2.05, 4.69) is 17.1 Å². The van der Waals surface area contributed by atoms with Crippen LogP contribution in [-0.4, -0.2) is 0 Å². The van der Waals surface area contributed by atoms with Crippen LogP contribution in [0, 0.1) is 0 Å². The molecule has 0 saturated heterocycles. The third-order valence-electron chi connectivity index (χ3n) is 1.51. The lowest BCUT2D eigenvalue weighted by Crippen LogP contribution is -2.27. The van der Waals surface area contributed by atoms with Crippen LogP contribution in [0.3, 0.4) is 0 Å². The molecule has 1 aliphatic rings. The highest BCUT2D eigenvalue weighted by Gasteiger charge is 1.83. The Balaban J connectivity index is 3.01. The molecule has 10 heavy (non-hydrogen) atoms. The van der Waals surface area contributed by atoms with Gasteiger partial charge in [0, 0.05) is 22.8 Å². The van der Waals surface area contributed by atoms with Gasteiger partial charge in [-0.25, -0.2) is 0 Å². The Labute approximate surface area is 59.0 Å². The zero-order valence-corrected chi connectivity index (χ0v) is 5.46. The normalized spacial score (nSPS) is 12.4. The van der Waals surface area contributed by atoms with Gasteiger partial charge < -0.3 is 5.32 Å². The van der Waals surface area contributed by atoms with Crippen LogP contribution in [0.1, 0.15) is 0 Å². The number of hydrogen-bond acceptors (Lipinski definition) is 1. The standard InChI is InChI=1S/C9H7N/c1-2-4-9-7-10-6-5-8(9)3-1/h1-4,6-7,10H. The molecule has 1 heteroatoms. The molecule has 0 bridgehead atoms. The highest BCUT2D eigenvalue weighted by atomic mass is 14.8. The molecule has 0 amide bonds. The summed E-state index contributed by atoms with van der Waals surface area (Å²) in [6.45, 7) is 0. The van der Waals surface area contributed by atoms with Gasteiger partial charge in [-0.05, 0) is 6.07 Å². The predicted molar refractivity (Wildman–Crippen MR) is 41.3 cm³/mol. The molecule has 1 heterocycles. The summed E-state index contributed by atoms with van der Waals surface area (Å²) in [6, 6.07) is 8.13. The van der Waals surface area contributed by atoms with Crippen molar-refractivity contribution in [1.29, 1.82) is 0 Å². The maximum atomic E-state index is 3.10. The molecule has 0 aliphatic carbocycles. The molecule has 0 unspecified atom stereocenters. The van der Waals surface area contributed by atoms with Gasteiger partial charge in [-0.15, -0.1) is 0 Å². The SMILES string of the molecule is C1=CNC=c2ccccc2=1. The summed E-state index contributed by atoms with van der Waals surface area (Å²) in [6.07, 6.45) is 3.77. The van der Waals surface area contributed by atoms with Crippen molar-refractivity contribution >= 4 is 11.9 Å². The van der Waals surface area contributed by atoms with E-state index in [1.54, 1.807) is 0 Å². The predicted octanol–water partition coefficient (Wildman–Crippen LogP) is -0.0791. The number of fused-ring (bicyclic) bond motifs is 1. The van der Waals surface area contributed by atoms with Crippen LogP contribution in [0.15, 0.2) is 30.5 Å². The third kappa shape index (κ3) is 0.734. The van der Waals surface area contributed by atoms with E-state index in [1.807, 2.05) is 30.6 Å². The van der Waals surface area contributed by atoms with Gasteiger partial charge in [0.05, 0.1) is 0 Å². The van der Waals surface area contributed by atoms with Crippen LogP contribution in [0.25, 0.3) is 11.9 Å². The van der Waals surface area contributed by atoms with Crippen LogP contribution in [-0.2, 0) is 0 Å². The van der Waals surface area contributed by atoms with Gasteiger partial charge >= 0.3 is 0 Å². The van der Waals surface area contributed by atoms with E-state index in [0.717, 1.165) is 5.22 Å². The molecule has 0 aromatic heterocycles. The molecule has 0 radical (unpaired) electrons. The highest BCUT2D eigenvalue weighted by Crippen LogP contribution is 1.72. The first-order chi connectivity index (χ1) is 4.97. The number of rotatable bonds is 0. The molecular formula is C9H7N. The summed E-state index contributed by atoms with van der Waals surface area (Å²) >= 11 is 0. The van der Waals surface area contributed by atoms with E-state index in [1.165, 1.54) is 5.22 Å². The number of benzene rings is 1. The maximum absolute atomic E-state index is 3.10. The van der Waals surface area contributed by atoms with E-state index < -0.39 is 0 Å². The number of hydrogen-bond donors (Lipinski definition) is 1. The van der Waals surface area contributed by atoms with E-state index >= 15 is 0 Å². The Morgan fingerprint density at radius 3 is 3.00 bits per heavy atom. The Hall–Kier alpha value is -1.46. The topological polar surface area (TPSA) is 12.0 Å². The zero-order valence-electron chi connectivity index (χ0n) is 5.46. The highest BCUT2D eigenvalue weighted by molar-refractivity contribution is 5.35. The van der Waals surface area contributed by atoms with Gasteiger partial charge in [-0.2, -0.15) is 0 Å². The zero-order chi connectivity index (χ0) is 6.81. The molecule has 0 saturated carbocycles. The molecule has 1 nitrogen and oxygen atoms in total. The van der Waals surface area contributed by atoms with Crippen LogP contribution >= 0.6 is 0 Å². The van der Waals surface area contributed by atoms with Crippen molar-refractivity contribution < 1.29 is 0 Å². The third-order valence-corrected chi connectivity index (χ3v) is 1.51. The Kier molecular flexibility index (Phi) is 1.09. The second kappa shape index (κ2) is 2.05. The molecule has 48 valence electrons. The largest absolute Gasteiger partial charge is 0.361 e. The molecule has 1 aromatic rings. The molecule has 2 rings (SSSR count). The van der Waals surface area contributed by atoms with Crippen LogP contribution in [0.4, 0.5) is 0 Å². The van der Waals surface area contributed by atoms with E-state index in [9.17, 15) is 0 Å². The summed E-state index contributed by atoms with van der Waals surface area (Å²) in [5.41, 5.74) is 3.10. The smallest absolute Gasteiger partial charge is 0.0444 e. The quantitative estimate of drug-likeness (QED) is 0.516. The molecular weight excluding hydrogens is 122 g/mol. The monoisotopic (exact) mass is 129 g/mol. The minimum Gasteiger partial charge on any atom is -0.361 e. The lowest BCUT2D eigenvalue weighted by molar-refractivity contribution is 1.26. The molecule has 1 N–H and O–H groups in total. The maximum Gasteiger partial charge on any atom is 0.0444 e. The van der Waals surface area contributed by atoms with Gasteiger partial charge in [0.2, 0.25) is 0 Å². The first-order valence-electron chi connectivity index (χ1n) is 3.23. The van der Waals surface area contributed by atoms with Gasteiger partial charge in [-0.1, -0.05) is 23.9 Å². The van der Waals surface area contributed by atoms with Crippen molar-refractivity contribution in [2.24, 2.45) is 0 Å². The number of nitrogens with one attached hydrogen (secondary N) is 1. The van der Waals surface area contributed by atoms with Gasteiger partial charge in [0.1, 0.15) is 0 Å². The first kappa shape index (κ1) is 5.33. The average Bonchev–Trinajstić information content (AvgIpc) is 2.05. The minimum absolute atomic E-state index is 1.15. The molecule has 1 aromatic carbocycles. The lowest BCUT2D eigenvalue weighted by Gasteiger charge is -1.93. The molecule has 0 fully saturated rings. The van der Waals surface area contributed by atoms with Gasteiger partial charge in [0.15, 0.2) is 0 Å². The fourth-order valence-corrected chi connectivity index (χ4v) is 1.01. The summed E-state index contributed by atoms with van der Waals surface area (Å²) in [4.78, 5) is 0. The lowest BCUT2D eigenvalue weighted by atomic mass is 10.2. The fraction of sp³-hybridized carbons (Fsp3) is 0. The summed E-state index contributed by atoms with van der Waals surface area (Å²) in [5, 5.41) is 5.33. The second-order valence-electron chi connectivity index (χ2n) is 2.19. The van der Waals surface area contributed by atoms with Crippen LogP contribution in [0.2, 0.25) is 0 Å². The minimum atomic E-state index is 1.15. The summed E-state index contributed by atoms with van der Waals surface area (Å²) in [5.74, 6) is 0. The summed E-state index contributed by atoms with van der Waals surface area (Å²) < 4.78 is 0. The van der Waals surface area contributed by atoms with Crippen LogP contribution < -0.4 is 15.8 Å². The van der Waals surface area contributed by atoms with Gasteiger partial charge in [-0.3, -0.25) is 0 Å². The summed E-state index contributed by atoms with van der Waals surface area (Å²) in [7, 11) is 0. The Morgan fingerprint density at radius 1 is 1.20 bits per heavy atom. The van der Waals surface area contributed by atoms with E-state index in [4.69, 9.17) is 0 Å².